The van der Waals surface area contributed by atoms with Crippen LogP contribution in [0.25, 0.3) is 11.3 Å². The lowest BCUT2D eigenvalue weighted by atomic mass is 10.1. The zero-order chi connectivity index (χ0) is 14.7. The number of nitrogens with two attached hydrogens (primary N) is 1. The molecule has 0 spiro atoms. The summed E-state index contributed by atoms with van der Waals surface area (Å²) in [6.07, 6.45) is 0.145. The highest BCUT2D eigenvalue weighted by Gasteiger charge is 2.08. The minimum absolute atomic E-state index is 0.145. The highest BCUT2D eigenvalue weighted by Crippen LogP contribution is 2.22. The van der Waals surface area contributed by atoms with E-state index in [1.807, 2.05) is 51.1 Å². The van der Waals surface area contributed by atoms with E-state index in [-0.39, 0.29) is 17.4 Å². The zero-order valence-electron chi connectivity index (χ0n) is 12.1. The molecule has 20 heavy (non-hydrogen) atoms. The Bertz CT molecular complexity index is 643. The van der Waals surface area contributed by atoms with Crippen molar-refractivity contribution in [1.29, 1.82) is 0 Å². The van der Waals surface area contributed by atoms with Crippen LogP contribution in [0, 0.1) is 0 Å². The first-order chi connectivity index (χ1) is 9.52. The van der Waals surface area contributed by atoms with Crippen LogP contribution in [0.15, 0.2) is 41.2 Å². The lowest BCUT2D eigenvalue weighted by molar-refractivity contribution is 0.242. The Morgan fingerprint density at radius 3 is 2.35 bits per heavy atom. The number of nitrogen functional groups attached to an aromatic ring is 1. The number of anilines is 1. The van der Waals surface area contributed by atoms with E-state index in [4.69, 9.17) is 10.5 Å². The highest BCUT2D eigenvalue weighted by atomic mass is 16.5. The summed E-state index contributed by atoms with van der Waals surface area (Å²) in [6.45, 7) is 6.50. The van der Waals surface area contributed by atoms with Gasteiger partial charge in [0.1, 0.15) is 5.75 Å². The molecule has 0 aliphatic carbocycles. The molecule has 4 nitrogen and oxygen atoms in total. The molecule has 0 amide bonds. The average molecular weight is 272 g/mol. The Kier molecular flexibility index (Phi) is 4.13. The summed E-state index contributed by atoms with van der Waals surface area (Å²) in [4.78, 5) is 12.0. The predicted molar refractivity (Wildman–Crippen MR) is 82.0 cm³/mol. The van der Waals surface area contributed by atoms with Crippen molar-refractivity contribution in [2.75, 3.05) is 5.73 Å². The fraction of sp³-hybridized carbons (Fsp3) is 0.312. The van der Waals surface area contributed by atoms with Gasteiger partial charge in [-0.15, -0.1) is 0 Å². The molecule has 106 valence electrons. The molecule has 4 heteroatoms. The zero-order valence-corrected chi connectivity index (χ0v) is 12.1. The molecule has 0 unspecified atom stereocenters. The van der Waals surface area contributed by atoms with Crippen molar-refractivity contribution in [3.8, 4) is 17.0 Å². The van der Waals surface area contributed by atoms with Gasteiger partial charge in [0, 0.05) is 6.54 Å². The van der Waals surface area contributed by atoms with Gasteiger partial charge in [-0.25, -0.2) is 0 Å². The van der Waals surface area contributed by atoms with Crippen molar-refractivity contribution < 1.29 is 4.74 Å². The fourth-order valence-corrected chi connectivity index (χ4v) is 2.14. The first-order valence-corrected chi connectivity index (χ1v) is 6.79. The maximum Gasteiger partial charge on any atom is 0.274 e. The van der Waals surface area contributed by atoms with Crippen LogP contribution >= 0.6 is 0 Å². The Morgan fingerprint density at radius 2 is 1.80 bits per heavy atom. The van der Waals surface area contributed by atoms with Gasteiger partial charge < -0.3 is 15.0 Å². The summed E-state index contributed by atoms with van der Waals surface area (Å²) in [5.74, 6) is 0.824. The van der Waals surface area contributed by atoms with E-state index in [2.05, 4.69) is 0 Å². The number of hydrogen-bond donors (Lipinski definition) is 1. The summed E-state index contributed by atoms with van der Waals surface area (Å²) in [6, 6.07) is 11.3. The van der Waals surface area contributed by atoms with Crippen LogP contribution in [0.5, 0.6) is 5.75 Å². The standard InChI is InChI=1S/C16H20N2O2/c1-4-18-15(10-9-14(17)16(18)19)12-5-7-13(8-6-12)20-11(2)3/h5-11H,4,17H2,1-3H3. The van der Waals surface area contributed by atoms with Crippen LogP contribution in [0.1, 0.15) is 20.8 Å². The first-order valence-electron chi connectivity index (χ1n) is 6.79. The molecule has 1 aromatic heterocycles. The topological polar surface area (TPSA) is 57.2 Å². The monoisotopic (exact) mass is 272 g/mol. The minimum atomic E-state index is -0.146. The Labute approximate surface area is 118 Å². The van der Waals surface area contributed by atoms with Gasteiger partial charge in [0.15, 0.2) is 0 Å². The Morgan fingerprint density at radius 1 is 1.15 bits per heavy atom. The van der Waals surface area contributed by atoms with Gasteiger partial charge in [0.25, 0.3) is 5.56 Å². The summed E-state index contributed by atoms with van der Waals surface area (Å²) in [5.41, 5.74) is 7.63. The Hall–Kier alpha value is -2.23. The maximum absolute atomic E-state index is 12.0. The van der Waals surface area contributed by atoms with Gasteiger partial charge in [0.05, 0.1) is 17.5 Å². The molecule has 0 saturated carbocycles. The van der Waals surface area contributed by atoms with Gasteiger partial charge in [-0.3, -0.25) is 4.79 Å². The van der Waals surface area contributed by atoms with E-state index in [1.165, 1.54) is 0 Å². The van der Waals surface area contributed by atoms with Crippen molar-refractivity contribution >= 4 is 5.69 Å². The third-order valence-electron chi connectivity index (χ3n) is 3.04. The summed E-state index contributed by atoms with van der Waals surface area (Å²) in [7, 11) is 0. The summed E-state index contributed by atoms with van der Waals surface area (Å²) >= 11 is 0. The molecule has 0 bridgehead atoms. The molecule has 0 atom stereocenters. The number of rotatable bonds is 4. The van der Waals surface area contributed by atoms with Gasteiger partial charge in [-0.2, -0.15) is 0 Å². The van der Waals surface area contributed by atoms with E-state index in [0.717, 1.165) is 17.0 Å². The maximum atomic E-state index is 12.0. The normalized spacial score (nSPS) is 10.8. The molecule has 0 radical (unpaired) electrons. The first kappa shape index (κ1) is 14.2. The molecule has 0 saturated heterocycles. The van der Waals surface area contributed by atoms with Crippen molar-refractivity contribution in [2.24, 2.45) is 0 Å². The Balaban J connectivity index is 2.42. The number of benzene rings is 1. The molecular weight excluding hydrogens is 252 g/mol. The molecule has 1 heterocycles. The van der Waals surface area contributed by atoms with Gasteiger partial charge >= 0.3 is 0 Å². The highest BCUT2D eigenvalue weighted by molar-refractivity contribution is 5.62. The predicted octanol–water partition coefficient (Wildman–Crippen LogP) is 2.90. The third-order valence-corrected chi connectivity index (χ3v) is 3.04. The quantitative estimate of drug-likeness (QED) is 0.931. The molecule has 2 N–H and O–H groups in total. The molecule has 0 fully saturated rings. The number of aromatic nitrogens is 1. The molecule has 2 aromatic rings. The number of hydrogen-bond acceptors (Lipinski definition) is 3. The molecule has 0 aliphatic heterocycles. The van der Waals surface area contributed by atoms with Crippen LogP contribution in [0.3, 0.4) is 0 Å². The van der Waals surface area contributed by atoms with Crippen LogP contribution in [0.4, 0.5) is 5.69 Å². The summed E-state index contributed by atoms with van der Waals surface area (Å²) < 4.78 is 7.29. The third kappa shape index (κ3) is 2.85. The lowest BCUT2D eigenvalue weighted by Crippen LogP contribution is -2.23. The fourth-order valence-electron chi connectivity index (χ4n) is 2.14. The molecule has 2 rings (SSSR count). The number of nitrogens with zero attached hydrogens (tertiary/aromatic N) is 1. The SMILES string of the molecule is CCn1c(-c2ccc(OC(C)C)cc2)ccc(N)c1=O. The minimum Gasteiger partial charge on any atom is -0.491 e. The smallest absolute Gasteiger partial charge is 0.274 e. The van der Waals surface area contributed by atoms with E-state index >= 15 is 0 Å². The van der Waals surface area contributed by atoms with Crippen molar-refractivity contribution in [2.45, 2.75) is 33.4 Å². The molecule has 1 aromatic carbocycles. The van der Waals surface area contributed by atoms with Crippen molar-refractivity contribution in [3.63, 3.8) is 0 Å². The van der Waals surface area contributed by atoms with Crippen molar-refractivity contribution in [3.05, 3.63) is 46.8 Å². The van der Waals surface area contributed by atoms with Crippen LogP contribution in [-0.4, -0.2) is 10.7 Å². The number of ether oxygens (including phenoxy) is 1. The van der Waals surface area contributed by atoms with E-state index in [0.29, 0.717) is 6.54 Å². The second-order valence-electron chi connectivity index (χ2n) is 4.91. The average Bonchev–Trinajstić information content (AvgIpc) is 2.42. The second-order valence-corrected chi connectivity index (χ2v) is 4.91. The number of pyridine rings is 1. The summed E-state index contributed by atoms with van der Waals surface area (Å²) in [5, 5.41) is 0. The molecule has 0 aliphatic rings. The van der Waals surface area contributed by atoms with Crippen LogP contribution in [-0.2, 0) is 6.54 Å². The van der Waals surface area contributed by atoms with Crippen LogP contribution in [0.2, 0.25) is 0 Å². The molecular formula is C16H20N2O2. The van der Waals surface area contributed by atoms with Gasteiger partial charge in [0.2, 0.25) is 0 Å². The van der Waals surface area contributed by atoms with E-state index in [1.54, 1.807) is 10.6 Å². The van der Waals surface area contributed by atoms with Gasteiger partial charge in [-0.1, -0.05) is 0 Å². The largest absolute Gasteiger partial charge is 0.491 e. The van der Waals surface area contributed by atoms with E-state index in [9.17, 15) is 4.79 Å². The van der Waals surface area contributed by atoms with Crippen LogP contribution < -0.4 is 16.0 Å². The van der Waals surface area contributed by atoms with Gasteiger partial charge in [-0.05, 0) is 62.7 Å². The van der Waals surface area contributed by atoms with E-state index < -0.39 is 0 Å². The second kappa shape index (κ2) is 5.82. The lowest BCUT2D eigenvalue weighted by Gasteiger charge is -2.13. The van der Waals surface area contributed by atoms with Crippen molar-refractivity contribution in [1.82, 2.24) is 4.57 Å².